The fourth-order valence-electron chi connectivity index (χ4n) is 4.63. The molecule has 0 spiro atoms. The molecule has 1 heterocycles. The number of amides is 1. The Hall–Kier alpha value is -3.48. The molecule has 1 amide bonds. The lowest BCUT2D eigenvalue weighted by molar-refractivity contribution is 0.0162. The fraction of sp³-hybridized carbons (Fsp3) is 0.259. The maximum atomic E-state index is 13.1. The Morgan fingerprint density at radius 1 is 0.970 bits per heavy atom. The van der Waals surface area contributed by atoms with E-state index in [4.69, 9.17) is 9.47 Å². The smallest absolute Gasteiger partial charge is 0.251 e. The molecule has 5 rings (SSSR count). The lowest BCUT2D eigenvalue weighted by atomic mass is 10.0. The quantitative estimate of drug-likeness (QED) is 0.493. The van der Waals surface area contributed by atoms with Crippen molar-refractivity contribution in [1.82, 2.24) is 10.2 Å². The Balaban J connectivity index is 1.34. The molecule has 0 aromatic heterocycles. The summed E-state index contributed by atoms with van der Waals surface area (Å²) in [5, 5.41) is 3.09. The van der Waals surface area contributed by atoms with Crippen molar-refractivity contribution >= 4 is 11.7 Å². The van der Waals surface area contributed by atoms with Gasteiger partial charge in [0.25, 0.3) is 5.91 Å². The standard InChI is InChI=1S/C27H26N2O4/c1-32-20-9-6-18(7-10-20)25(29-12-14-33-15-13-29)17-28-27(31)19-8-11-22-21-4-2-3-5-23(21)26(30)24(22)16-19/h2-11,16,25H,12-15,17H2,1H3,(H,28,31)/t25-/m1/s1. The van der Waals surface area contributed by atoms with Crippen LogP contribution in [0.4, 0.5) is 0 Å². The predicted octanol–water partition coefficient (Wildman–Crippen LogP) is 3.71. The molecular weight excluding hydrogens is 416 g/mol. The largest absolute Gasteiger partial charge is 0.497 e. The highest BCUT2D eigenvalue weighted by atomic mass is 16.5. The third-order valence-corrected chi connectivity index (χ3v) is 6.43. The molecule has 1 saturated heterocycles. The average Bonchev–Trinajstić information content (AvgIpc) is 3.16. The summed E-state index contributed by atoms with van der Waals surface area (Å²) in [6.45, 7) is 3.41. The number of benzene rings is 3. The van der Waals surface area contributed by atoms with Crippen LogP contribution in [0.3, 0.4) is 0 Å². The molecule has 1 fully saturated rings. The number of nitrogens with one attached hydrogen (secondary N) is 1. The van der Waals surface area contributed by atoms with Gasteiger partial charge in [0, 0.05) is 36.3 Å². The summed E-state index contributed by atoms with van der Waals surface area (Å²) in [5.41, 5.74) is 4.69. The zero-order valence-electron chi connectivity index (χ0n) is 18.5. The number of nitrogens with zero attached hydrogens (tertiary/aromatic N) is 1. The van der Waals surface area contributed by atoms with Gasteiger partial charge in [-0.2, -0.15) is 0 Å². The first-order chi connectivity index (χ1) is 16.2. The third kappa shape index (κ3) is 4.15. The number of carbonyl (C=O) groups is 2. The molecule has 33 heavy (non-hydrogen) atoms. The number of rotatable bonds is 6. The van der Waals surface area contributed by atoms with Crippen LogP contribution in [0.2, 0.25) is 0 Å². The number of fused-ring (bicyclic) bond motifs is 3. The van der Waals surface area contributed by atoms with Gasteiger partial charge >= 0.3 is 0 Å². The van der Waals surface area contributed by atoms with Gasteiger partial charge in [0.1, 0.15) is 5.75 Å². The molecule has 0 bridgehead atoms. The van der Waals surface area contributed by atoms with E-state index in [1.165, 1.54) is 0 Å². The third-order valence-electron chi connectivity index (χ3n) is 6.43. The van der Waals surface area contributed by atoms with Crippen LogP contribution < -0.4 is 10.1 Å². The number of carbonyl (C=O) groups excluding carboxylic acids is 2. The number of hydrogen-bond acceptors (Lipinski definition) is 5. The van der Waals surface area contributed by atoms with Gasteiger partial charge in [0.05, 0.1) is 26.4 Å². The van der Waals surface area contributed by atoms with Gasteiger partial charge < -0.3 is 14.8 Å². The SMILES string of the molecule is COc1ccc([C@@H](CNC(=O)c2ccc3c(c2)C(=O)c2ccccc2-3)N2CCOCC2)cc1. The minimum absolute atomic E-state index is 0.0177. The maximum absolute atomic E-state index is 13.1. The van der Waals surface area contributed by atoms with E-state index in [0.717, 1.165) is 35.5 Å². The van der Waals surface area contributed by atoms with Crippen LogP contribution in [0.1, 0.15) is 37.9 Å². The number of morpholine rings is 1. The van der Waals surface area contributed by atoms with Gasteiger partial charge in [-0.05, 0) is 41.0 Å². The molecule has 1 aliphatic heterocycles. The van der Waals surface area contributed by atoms with E-state index in [0.29, 0.717) is 36.4 Å². The summed E-state index contributed by atoms with van der Waals surface area (Å²) in [6.07, 6.45) is 0. The van der Waals surface area contributed by atoms with Crippen LogP contribution in [0.5, 0.6) is 5.75 Å². The van der Waals surface area contributed by atoms with Crippen LogP contribution in [0.15, 0.2) is 66.7 Å². The van der Waals surface area contributed by atoms with Crippen LogP contribution in [-0.4, -0.2) is 56.5 Å². The summed E-state index contributed by atoms with van der Waals surface area (Å²) in [4.78, 5) is 28.2. The molecule has 3 aromatic rings. The maximum Gasteiger partial charge on any atom is 0.251 e. The van der Waals surface area contributed by atoms with E-state index >= 15 is 0 Å². The lowest BCUT2D eigenvalue weighted by Crippen LogP contribution is -2.43. The highest BCUT2D eigenvalue weighted by Gasteiger charge is 2.28. The van der Waals surface area contributed by atoms with Crippen molar-refractivity contribution in [1.29, 1.82) is 0 Å². The molecule has 2 aliphatic rings. The predicted molar refractivity (Wildman–Crippen MR) is 126 cm³/mol. The molecular formula is C27H26N2O4. The summed E-state index contributed by atoms with van der Waals surface area (Å²) < 4.78 is 10.8. The Morgan fingerprint density at radius 2 is 1.67 bits per heavy atom. The summed E-state index contributed by atoms with van der Waals surface area (Å²) >= 11 is 0. The molecule has 1 N–H and O–H groups in total. The zero-order valence-corrected chi connectivity index (χ0v) is 18.5. The highest BCUT2D eigenvalue weighted by Crippen LogP contribution is 2.36. The molecule has 1 atom stereocenters. The van der Waals surface area contributed by atoms with Gasteiger partial charge in [-0.1, -0.05) is 42.5 Å². The van der Waals surface area contributed by atoms with Gasteiger partial charge in [-0.3, -0.25) is 14.5 Å². The second-order valence-corrected chi connectivity index (χ2v) is 8.28. The van der Waals surface area contributed by atoms with Crippen LogP contribution in [0.25, 0.3) is 11.1 Å². The van der Waals surface area contributed by atoms with E-state index < -0.39 is 0 Å². The molecule has 168 valence electrons. The highest BCUT2D eigenvalue weighted by molar-refractivity contribution is 6.22. The van der Waals surface area contributed by atoms with Gasteiger partial charge in [0.2, 0.25) is 0 Å². The van der Waals surface area contributed by atoms with E-state index in [1.807, 2.05) is 54.6 Å². The van der Waals surface area contributed by atoms with Crippen LogP contribution in [-0.2, 0) is 4.74 Å². The Bertz CT molecular complexity index is 1180. The van der Waals surface area contributed by atoms with Gasteiger partial charge in [-0.25, -0.2) is 0 Å². The monoisotopic (exact) mass is 442 g/mol. The molecule has 0 unspecified atom stereocenters. The number of ether oxygens (including phenoxy) is 2. The minimum atomic E-state index is -0.187. The van der Waals surface area contributed by atoms with Crippen LogP contribution >= 0.6 is 0 Å². The number of methoxy groups -OCH3 is 1. The Labute approximate surface area is 193 Å². The zero-order chi connectivity index (χ0) is 22.8. The Kier molecular flexibility index (Phi) is 5.94. The molecule has 0 saturated carbocycles. The topological polar surface area (TPSA) is 67.9 Å². The second-order valence-electron chi connectivity index (χ2n) is 8.28. The first kappa shape index (κ1) is 21.4. The molecule has 6 nitrogen and oxygen atoms in total. The summed E-state index contributed by atoms with van der Waals surface area (Å²) in [7, 11) is 1.65. The molecule has 0 radical (unpaired) electrons. The number of ketones is 1. The molecule has 1 aliphatic carbocycles. The van der Waals surface area contributed by atoms with Crippen molar-refractivity contribution in [3.05, 3.63) is 89.0 Å². The number of hydrogen-bond donors (Lipinski definition) is 1. The van der Waals surface area contributed by atoms with Crippen LogP contribution in [0, 0.1) is 0 Å². The summed E-state index contributed by atoms with van der Waals surface area (Å²) in [5.74, 6) is 0.584. The van der Waals surface area contributed by atoms with Crippen molar-refractivity contribution in [3.63, 3.8) is 0 Å². The lowest BCUT2D eigenvalue weighted by Gasteiger charge is -2.35. The normalized spacial score (nSPS) is 16.1. The van der Waals surface area contributed by atoms with E-state index in [-0.39, 0.29) is 17.7 Å². The van der Waals surface area contributed by atoms with Crippen molar-refractivity contribution in [2.45, 2.75) is 6.04 Å². The Morgan fingerprint density at radius 3 is 2.39 bits per heavy atom. The van der Waals surface area contributed by atoms with Crippen molar-refractivity contribution in [2.75, 3.05) is 40.0 Å². The van der Waals surface area contributed by atoms with Crippen molar-refractivity contribution in [3.8, 4) is 16.9 Å². The van der Waals surface area contributed by atoms with Gasteiger partial charge in [-0.15, -0.1) is 0 Å². The average molecular weight is 443 g/mol. The first-order valence-corrected chi connectivity index (χ1v) is 11.2. The van der Waals surface area contributed by atoms with E-state index in [1.54, 1.807) is 19.2 Å². The first-order valence-electron chi connectivity index (χ1n) is 11.2. The summed E-state index contributed by atoms with van der Waals surface area (Å²) in [6, 6.07) is 20.9. The molecule has 3 aromatic carbocycles. The second kappa shape index (κ2) is 9.17. The van der Waals surface area contributed by atoms with Crippen molar-refractivity contribution < 1.29 is 19.1 Å². The van der Waals surface area contributed by atoms with Crippen molar-refractivity contribution in [2.24, 2.45) is 0 Å². The fourth-order valence-corrected chi connectivity index (χ4v) is 4.63. The van der Waals surface area contributed by atoms with E-state index in [2.05, 4.69) is 10.2 Å². The minimum Gasteiger partial charge on any atom is -0.497 e. The van der Waals surface area contributed by atoms with Gasteiger partial charge in [0.15, 0.2) is 5.78 Å². The van der Waals surface area contributed by atoms with E-state index in [9.17, 15) is 9.59 Å². The molecule has 6 heteroatoms.